The summed E-state index contributed by atoms with van der Waals surface area (Å²) in [7, 11) is 0. The molecule has 2 aromatic heterocycles. The number of fused-ring (bicyclic) bond motifs is 1. The van der Waals surface area contributed by atoms with Gasteiger partial charge in [-0.05, 0) is 49.2 Å². The highest BCUT2D eigenvalue weighted by Gasteiger charge is 2.16. The molecule has 162 valence electrons. The van der Waals surface area contributed by atoms with Gasteiger partial charge in [-0.2, -0.15) is 10.4 Å². The summed E-state index contributed by atoms with van der Waals surface area (Å²) in [5.41, 5.74) is 8.33. The van der Waals surface area contributed by atoms with Gasteiger partial charge >= 0.3 is 5.69 Å². The van der Waals surface area contributed by atoms with Gasteiger partial charge in [-0.3, -0.25) is 9.36 Å². The molecule has 0 aliphatic carbocycles. The number of hydrogen-bond acceptors (Lipinski definition) is 5. The summed E-state index contributed by atoms with van der Waals surface area (Å²) < 4.78 is 16.0. The second kappa shape index (κ2) is 8.77. The zero-order valence-electron chi connectivity index (χ0n) is 17.0. The molecular weight excluding hydrogens is 413 g/mol. The van der Waals surface area contributed by atoms with E-state index in [1.807, 2.05) is 6.07 Å². The number of nitrogens with one attached hydrogen (secondary N) is 2. The number of H-pyrrole nitrogens is 1. The van der Waals surface area contributed by atoms with E-state index in [4.69, 9.17) is 5.73 Å². The second-order valence-corrected chi connectivity index (χ2v) is 7.19. The fourth-order valence-corrected chi connectivity index (χ4v) is 3.50. The number of halogens is 1. The van der Waals surface area contributed by atoms with Crippen LogP contribution in [0.2, 0.25) is 0 Å². The van der Waals surface area contributed by atoms with Crippen LogP contribution in [0.1, 0.15) is 17.7 Å². The maximum Gasteiger partial charge on any atom is 0.326 e. The van der Waals surface area contributed by atoms with Gasteiger partial charge in [0.05, 0.1) is 22.4 Å². The summed E-state index contributed by atoms with van der Waals surface area (Å²) in [5, 5.41) is 16.6. The van der Waals surface area contributed by atoms with Crippen LogP contribution in [0.5, 0.6) is 0 Å². The predicted molar refractivity (Wildman–Crippen MR) is 117 cm³/mol. The van der Waals surface area contributed by atoms with Crippen LogP contribution in [0.4, 0.5) is 10.2 Å². The minimum absolute atomic E-state index is 0.0988. The van der Waals surface area contributed by atoms with E-state index in [1.54, 1.807) is 18.2 Å². The molecule has 4 aromatic rings. The van der Waals surface area contributed by atoms with Crippen LogP contribution in [-0.4, -0.2) is 31.8 Å². The summed E-state index contributed by atoms with van der Waals surface area (Å²) in [6.45, 7) is 0.239. The average Bonchev–Trinajstić information content (AvgIpc) is 3.27. The molecule has 2 aromatic carbocycles. The highest BCUT2D eigenvalue weighted by Crippen LogP contribution is 2.21. The Morgan fingerprint density at radius 2 is 1.97 bits per heavy atom. The van der Waals surface area contributed by atoms with Crippen LogP contribution >= 0.6 is 0 Å². The number of imidazole rings is 1. The molecule has 0 saturated carbocycles. The Bertz CT molecular complexity index is 1380. The number of carbonyl (C=O) groups excluding carboxylic acids is 1. The maximum absolute atomic E-state index is 13.2. The number of aryl methyl sites for hydroxylation is 1. The molecule has 0 unspecified atom stereocenters. The number of carbonyl (C=O) groups is 1. The van der Waals surface area contributed by atoms with Crippen molar-refractivity contribution in [1.29, 1.82) is 5.26 Å². The van der Waals surface area contributed by atoms with Gasteiger partial charge in [0.1, 0.15) is 29.8 Å². The van der Waals surface area contributed by atoms with Crippen molar-refractivity contribution in [3.05, 3.63) is 76.1 Å². The van der Waals surface area contributed by atoms with Crippen LogP contribution in [0.15, 0.2) is 53.3 Å². The van der Waals surface area contributed by atoms with E-state index >= 15 is 0 Å². The van der Waals surface area contributed by atoms with E-state index in [0.29, 0.717) is 41.8 Å². The molecule has 0 atom stereocenters. The van der Waals surface area contributed by atoms with Gasteiger partial charge in [-0.1, -0.05) is 12.1 Å². The lowest BCUT2D eigenvalue weighted by atomic mass is 10.1. The lowest BCUT2D eigenvalue weighted by Gasteiger charge is -2.06. The Morgan fingerprint density at radius 1 is 1.22 bits per heavy atom. The van der Waals surface area contributed by atoms with E-state index in [0.717, 1.165) is 0 Å². The standard InChI is InChI=1S/C22H20FN7O2/c23-14-7-9-15(10-8-14)30-21(25)16(12-24)17(28-30)5-3-11-26-20(31)13-29-19-6-2-1-4-18(19)27-22(29)32/h1-2,4,6-10H,3,5,11,13,25H2,(H,26,31)(H,27,32). The predicted octanol–water partition coefficient (Wildman–Crippen LogP) is 1.86. The Hall–Kier alpha value is -4.39. The minimum Gasteiger partial charge on any atom is -0.382 e. The third-order valence-corrected chi connectivity index (χ3v) is 5.07. The molecule has 4 N–H and O–H groups in total. The van der Waals surface area contributed by atoms with Gasteiger partial charge in [0.15, 0.2) is 0 Å². The number of nitrogens with two attached hydrogens (primary N) is 1. The number of nitrogen functional groups attached to an aromatic ring is 1. The largest absolute Gasteiger partial charge is 0.382 e. The molecule has 0 spiro atoms. The summed E-state index contributed by atoms with van der Waals surface area (Å²) in [6.07, 6.45) is 0.928. The molecule has 4 rings (SSSR count). The SMILES string of the molecule is N#Cc1c(CCCNC(=O)Cn2c(=O)[nH]c3ccccc32)nn(-c2ccc(F)cc2)c1N. The normalized spacial score (nSPS) is 10.9. The van der Waals surface area contributed by atoms with E-state index in [-0.39, 0.29) is 35.3 Å². The summed E-state index contributed by atoms with van der Waals surface area (Å²) in [4.78, 5) is 27.1. The van der Waals surface area contributed by atoms with Crippen LogP contribution in [0.3, 0.4) is 0 Å². The molecule has 0 radical (unpaired) electrons. The first kappa shape index (κ1) is 20.9. The lowest BCUT2D eigenvalue weighted by molar-refractivity contribution is -0.121. The van der Waals surface area contributed by atoms with E-state index in [1.165, 1.54) is 33.5 Å². The van der Waals surface area contributed by atoms with Crippen LogP contribution in [-0.2, 0) is 17.8 Å². The zero-order chi connectivity index (χ0) is 22.7. The van der Waals surface area contributed by atoms with Crippen molar-refractivity contribution < 1.29 is 9.18 Å². The third kappa shape index (κ3) is 4.09. The first-order valence-electron chi connectivity index (χ1n) is 9.95. The molecule has 10 heteroatoms. The van der Waals surface area contributed by atoms with Crippen molar-refractivity contribution >= 4 is 22.8 Å². The van der Waals surface area contributed by atoms with Crippen molar-refractivity contribution in [1.82, 2.24) is 24.6 Å². The quantitative estimate of drug-likeness (QED) is 0.383. The topological polar surface area (TPSA) is 135 Å². The molecule has 0 fully saturated rings. The number of aromatic nitrogens is 4. The molecule has 1 amide bonds. The average molecular weight is 433 g/mol. The molecular formula is C22H20FN7O2. The Labute approximate surface area is 181 Å². The molecule has 0 aliphatic heterocycles. The fourth-order valence-electron chi connectivity index (χ4n) is 3.50. The highest BCUT2D eigenvalue weighted by molar-refractivity contribution is 5.80. The fraction of sp³-hybridized carbons (Fsp3) is 0.182. The lowest BCUT2D eigenvalue weighted by Crippen LogP contribution is -2.32. The van der Waals surface area contributed by atoms with Gasteiger partial charge in [-0.25, -0.2) is 13.9 Å². The van der Waals surface area contributed by atoms with Gasteiger partial charge in [0, 0.05) is 6.54 Å². The van der Waals surface area contributed by atoms with Crippen LogP contribution in [0, 0.1) is 17.1 Å². The molecule has 0 aliphatic rings. The van der Waals surface area contributed by atoms with Gasteiger partial charge < -0.3 is 16.0 Å². The van der Waals surface area contributed by atoms with Crippen molar-refractivity contribution in [2.75, 3.05) is 12.3 Å². The Balaban J connectivity index is 1.37. The molecule has 0 saturated heterocycles. The maximum atomic E-state index is 13.2. The number of hydrogen-bond donors (Lipinski definition) is 3. The molecule has 2 heterocycles. The number of amides is 1. The zero-order valence-corrected chi connectivity index (χ0v) is 17.0. The number of aromatic amines is 1. The third-order valence-electron chi connectivity index (χ3n) is 5.07. The number of nitrogens with zero attached hydrogens (tertiary/aromatic N) is 4. The number of anilines is 1. The molecule has 9 nitrogen and oxygen atoms in total. The summed E-state index contributed by atoms with van der Waals surface area (Å²) in [6, 6.07) is 14.8. The van der Waals surface area contributed by atoms with Gasteiger partial charge in [0.25, 0.3) is 0 Å². The summed E-state index contributed by atoms with van der Waals surface area (Å²) in [5.74, 6) is -0.503. The van der Waals surface area contributed by atoms with Crippen molar-refractivity contribution in [3.8, 4) is 11.8 Å². The van der Waals surface area contributed by atoms with Crippen LogP contribution in [0.25, 0.3) is 16.7 Å². The van der Waals surface area contributed by atoms with Gasteiger partial charge in [-0.15, -0.1) is 0 Å². The molecule has 0 bridgehead atoms. The van der Waals surface area contributed by atoms with Crippen LogP contribution < -0.4 is 16.7 Å². The molecule has 32 heavy (non-hydrogen) atoms. The van der Waals surface area contributed by atoms with Crippen molar-refractivity contribution in [2.24, 2.45) is 0 Å². The second-order valence-electron chi connectivity index (χ2n) is 7.19. The number of benzene rings is 2. The first-order valence-corrected chi connectivity index (χ1v) is 9.95. The first-order chi connectivity index (χ1) is 15.5. The van der Waals surface area contributed by atoms with E-state index < -0.39 is 0 Å². The monoisotopic (exact) mass is 433 g/mol. The smallest absolute Gasteiger partial charge is 0.326 e. The minimum atomic E-state index is -0.383. The van der Waals surface area contributed by atoms with E-state index in [2.05, 4.69) is 21.5 Å². The Morgan fingerprint density at radius 3 is 2.72 bits per heavy atom. The number of para-hydroxylation sites is 2. The number of nitriles is 1. The van der Waals surface area contributed by atoms with Crippen molar-refractivity contribution in [3.63, 3.8) is 0 Å². The Kier molecular flexibility index (Phi) is 5.72. The van der Waals surface area contributed by atoms with E-state index in [9.17, 15) is 19.2 Å². The summed E-state index contributed by atoms with van der Waals surface area (Å²) >= 11 is 0. The highest BCUT2D eigenvalue weighted by atomic mass is 19.1. The van der Waals surface area contributed by atoms with Crippen molar-refractivity contribution in [2.45, 2.75) is 19.4 Å². The van der Waals surface area contributed by atoms with Gasteiger partial charge in [0.2, 0.25) is 5.91 Å². The number of rotatable bonds is 7.